The summed E-state index contributed by atoms with van der Waals surface area (Å²) in [5.74, 6) is -0.114. The molecule has 18 heavy (non-hydrogen) atoms. The number of nitriles is 1. The Kier molecular flexibility index (Phi) is 4.21. The molecular weight excluding hydrogens is 224 g/mol. The summed E-state index contributed by atoms with van der Waals surface area (Å²) in [6, 6.07) is 2.06. The molecule has 0 atom stereocenters. The van der Waals surface area contributed by atoms with Crippen LogP contribution < -0.4 is 0 Å². The largest absolute Gasteiger partial charge is 0.333 e. The minimum Gasteiger partial charge on any atom is -0.333 e. The van der Waals surface area contributed by atoms with E-state index < -0.39 is 0 Å². The zero-order valence-electron chi connectivity index (χ0n) is 12.2. The fourth-order valence-corrected chi connectivity index (χ4v) is 2.36. The Hall–Kier alpha value is -1.30. The van der Waals surface area contributed by atoms with E-state index in [1.165, 1.54) is 0 Å². The predicted molar refractivity (Wildman–Crippen MR) is 72.8 cm³/mol. The Morgan fingerprint density at radius 2 is 1.94 bits per heavy atom. The number of likely N-dealkylation sites (tertiary alicyclic amines) is 1. The molecule has 3 heteroatoms. The summed E-state index contributed by atoms with van der Waals surface area (Å²) in [6.07, 6.45) is 4.97. The Labute approximate surface area is 110 Å². The summed E-state index contributed by atoms with van der Waals surface area (Å²) in [7, 11) is 0. The molecule has 0 bridgehead atoms. The van der Waals surface area contributed by atoms with Crippen molar-refractivity contribution in [3.8, 4) is 6.07 Å². The van der Waals surface area contributed by atoms with Gasteiger partial charge in [-0.2, -0.15) is 5.26 Å². The van der Waals surface area contributed by atoms with E-state index in [0.717, 1.165) is 25.8 Å². The van der Waals surface area contributed by atoms with E-state index in [0.29, 0.717) is 0 Å². The first kappa shape index (κ1) is 14.8. The monoisotopic (exact) mass is 248 g/mol. The van der Waals surface area contributed by atoms with Crippen LogP contribution in [-0.2, 0) is 4.79 Å². The second-order valence-electron chi connectivity index (χ2n) is 6.76. The van der Waals surface area contributed by atoms with E-state index >= 15 is 0 Å². The van der Waals surface area contributed by atoms with Crippen molar-refractivity contribution in [3.05, 3.63) is 11.6 Å². The number of hydrogen-bond acceptors (Lipinski definition) is 2. The highest BCUT2D eigenvalue weighted by molar-refractivity contribution is 5.97. The molecule has 0 radical (unpaired) electrons. The standard InChI is InChI=1S/C15H24N2O/c1-14(2,3)10-12(11-16)13(18)17-9-7-6-8-15(17,4)5/h10H,6-9H2,1-5H3/b12-10+. The Morgan fingerprint density at radius 3 is 2.39 bits per heavy atom. The molecule has 0 aliphatic carbocycles. The molecule has 1 rings (SSSR count). The molecule has 0 aromatic rings. The number of nitrogens with zero attached hydrogens (tertiary/aromatic N) is 2. The van der Waals surface area contributed by atoms with Gasteiger partial charge in [0.05, 0.1) is 0 Å². The van der Waals surface area contributed by atoms with Crippen molar-refractivity contribution >= 4 is 5.91 Å². The van der Waals surface area contributed by atoms with Gasteiger partial charge in [0, 0.05) is 12.1 Å². The molecule has 1 aliphatic heterocycles. The first-order valence-electron chi connectivity index (χ1n) is 6.62. The Balaban J connectivity index is 2.99. The van der Waals surface area contributed by atoms with E-state index in [4.69, 9.17) is 0 Å². The summed E-state index contributed by atoms with van der Waals surface area (Å²) < 4.78 is 0. The third kappa shape index (κ3) is 3.60. The van der Waals surface area contributed by atoms with Gasteiger partial charge in [-0.3, -0.25) is 4.79 Å². The van der Waals surface area contributed by atoms with E-state index in [2.05, 4.69) is 19.9 Å². The minimum atomic E-state index is -0.152. The third-order valence-corrected chi connectivity index (χ3v) is 3.32. The number of carbonyl (C=O) groups excluding carboxylic acids is 1. The van der Waals surface area contributed by atoms with E-state index in [9.17, 15) is 10.1 Å². The van der Waals surface area contributed by atoms with Crippen LogP contribution in [0, 0.1) is 16.7 Å². The van der Waals surface area contributed by atoms with E-state index in [1.54, 1.807) is 6.08 Å². The van der Waals surface area contributed by atoms with Gasteiger partial charge in [-0.1, -0.05) is 26.8 Å². The average molecular weight is 248 g/mol. The topological polar surface area (TPSA) is 44.1 Å². The summed E-state index contributed by atoms with van der Waals surface area (Å²) in [5, 5.41) is 9.19. The molecule has 0 saturated carbocycles. The van der Waals surface area contributed by atoms with Gasteiger partial charge >= 0.3 is 0 Å². The molecule has 1 saturated heterocycles. The van der Waals surface area contributed by atoms with Gasteiger partial charge < -0.3 is 4.90 Å². The Bertz CT molecular complexity index is 394. The zero-order chi connectivity index (χ0) is 14.0. The molecule has 1 amide bonds. The number of allylic oxidation sites excluding steroid dienone is 1. The summed E-state index contributed by atoms with van der Waals surface area (Å²) >= 11 is 0. The fraction of sp³-hybridized carbons (Fsp3) is 0.733. The molecular formula is C15H24N2O. The lowest BCUT2D eigenvalue weighted by atomic mass is 9.88. The first-order valence-corrected chi connectivity index (χ1v) is 6.62. The maximum Gasteiger partial charge on any atom is 0.264 e. The fourth-order valence-electron chi connectivity index (χ4n) is 2.36. The van der Waals surface area contributed by atoms with Gasteiger partial charge in [0.15, 0.2) is 0 Å². The normalized spacial score (nSPS) is 20.4. The van der Waals surface area contributed by atoms with E-state index in [-0.39, 0.29) is 22.4 Å². The van der Waals surface area contributed by atoms with Gasteiger partial charge in [-0.15, -0.1) is 0 Å². The SMILES string of the molecule is CC(C)(C)/C=C(\C#N)C(=O)N1CCCCC1(C)C. The van der Waals surface area contributed by atoms with Gasteiger partial charge in [0.2, 0.25) is 0 Å². The van der Waals surface area contributed by atoms with Crippen molar-refractivity contribution in [2.75, 3.05) is 6.54 Å². The minimum absolute atomic E-state index is 0.114. The molecule has 1 fully saturated rings. The highest BCUT2D eigenvalue weighted by atomic mass is 16.2. The van der Waals surface area contributed by atoms with Gasteiger partial charge in [0.1, 0.15) is 11.6 Å². The molecule has 3 nitrogen and oxygen atoms in total. The summed E-state index contributed by atoms with van der Waals surface area (Å²) in [6.45, 7) is 10.9. The predicted octanol–water partition coefficient (Wildman–Crippen LogP) is 3.27. The lowest BCUT2D eigenvalue weighted by Crippen LogP contribution is -2.51. The van der Waals surface area contributed by atoms with Gasteiger partial charge in [-0.25, -0.2) is 0 Å². The Morgan fingerprint density at radius 1 is 1.33 bits per heavy atom. The molecule has 0 aromatic carbocycles. The molecule has 1 heterocycles. The number of piperidine rings is 1. The lowest BCUT2D eigenvalue weighted by Gasteiger charge is -2.42. The van der Waals surface area contributed by atoms with Gasteiger partial charge in [0.25, 0.3) is 5.91 Å². The van der Waals surface area contributed by atoms with E-state index in [1.807, 2.05) is 25.7 Å². The van der Waals surface area contributed by atoms with Crippen molar-refractivity contribution in [2.45, 2.75) is 59.4 Å². The first-order chi connectivity index (χ1) is 8.17. The zero-order valence-corrected chi connectivity index (χ0v) is 12.2. The van der Waals surface area contributed by atoms with Crippen LogP contribution in [0.1, 0.15) is 53.9 Å². The number of carbonyl (C=O) groups is 1. The van der Waals surface area contributed by atoms with Crippen LogP contribution in [0.4, 0.5) is 0 Å². The number of hydrogen-bond donors (Lipinski definition) is 0. The highest BCUT2D eigenvalue weighted by Gasteiger charge is 2.34. The average Bonchev–Trinajstić information content (AvgIpc) is 2.23. The van der Waals surface area contributed by atoms with Crippen molar-refractivity contribution in [3.63, 3.8) is 0 Å². The van der Waals surface area contributed by atoms with Crippen LogP contribution in [0.5, 0.6) is 0 Å². The highest BCUT2D eigenvalue weighted by Crippen LogP contribution is 2.29. The molecule has 0 spiro atoms. The van der Waals surface area contributed by atoms with Crippen LogP contribution in [0.25, 0.3) is 0 Å². The van der Waals surface area contributed by atoms with Crippen LogP contribution in [-0.4, -0.2) is 22.9 Å². The van der Waals surface area contributed by atoms with Gasteiger partial charge in [-0.05, 0) is 38.5 Å². The summed E-state index contributed by atoms with van der Waals surface area (Å²) in [4.78, 5) is 14.3. The lowest BCUT2D eigenvalue weighted by molar-refractivity contribution is -0.133. The second kappa shape index (κ2) is 5.14. The maximum absolute atomic E-state index is 12.5. The van der Waals surface area contributed by atoms with Crippen LogP contribution in [0.2, 0.25) is 0 Å². The van der Waals surface area contributed by atoms with Crippen molar-refractivity contribution in [1.82, 2.24) is 4.90 Å². The smallest absolute Gasteiger partial charge is 0.264 e. The van der Waals surface area contributed by atoms with Crippen molar-refractivity contribution in [2.24, 2.45) is 5.41 Å². The molecule has 0 unspecified atom stereocenters. The van der Waals surface area contributed by atoms with Crippen LogP contribution >= 0.6 is 0 Å². The van der Waals surface area contributed by atoms with Crippen molar-refractivity contribution in [1.29, 1.82) is 5.26 Å². The molecule has 0 aromatic heterocycles. The van der Waals surface area contributed by atoms with Crippen LogP contribution in [0.3, 0.4) is 0 Å². The second-order valence-corrected chi connectivity index (χ2v) is 6.76. The summed E-state index contributed by atoms with van der Waals surface area (Å²) in [5.41, 5.74) is -0.0124. The van der Waals surface area contributed by atoms with Crippen molar-refractivity contribution < 1.29 is 4.79 Å². The molecule has 1 aliphatic rings. The molecule has 100 valence electrons. The number of amides is 1. The van der Waals surface area contributed by atoms with Crippen LogP contribution in [0.15, 0.2) is 11.6 Å². The molecule has 0 N–H and O–H groups in total. The maximum atomic E-state index is 12.5. The third-order valence-electron chi connectivity index (χ3n) is 3.32. The quantitative estimate of drug-likeness (QED) is 0.528. The number of rotatable bonds is 1.